The van der Waals surface area contributed by atoms with E-state index in [1.165, 1.54) is 12.1 Å². The molecule has 0 fully saturated rings. The molecule has 0 bridgehead atoms. The summed E-state index contributed by atoms with van der Waals surface area (Å²) in [5, 5.41) is 0. The van der Waals surface area contributed by atoms with Gasteiger partial charge in [0.05, 0.1) is 6.26 Å². The number of carbonyl (C=O) groups excluding carboxylic acids is 1. The molecule has 1 N–H and O–H groups in total. The highest BCUT2D eigenvalue weighted by molar-refractivity contribution is 7.89. The van der Waals surface area contributed by atoms with Crippen LogP contribution in [0.5, 0.6) is 11.5 Å². The summed E-state index contributed by atoms with van der Waals surface area (Å²) in [6, 6.07) is 13.8. The van der Waals surface area contributed by atoms with Gasteiger partial charge in [0, 0.05) is 5.56 Å². The molecule has 0 radical (unpaired) electrons. The Morgan fingerprint density at radius 1 is 1.05 bits per heavy atom. The SMILES string of the molecule is Cc1cccc(Oc2ccc(C(=O)NS(C)(=O)=O)cc2)c1. The molecule has 0 spiro atoms. The van der Waals surface area contributed by atoms with E-state index in [1.54, 1.807) is 12.1 Å². The summed E-state index contributed by atoms with van der Waals surface area (Å²) in [7, 11) is -3.57. The molecule has 0 aliphatic carbocycles. The summed E-state index contributed by atoms with van der Waals surface area (Å²) in [6.45, 7) is 1.96. The zero-order valence-corrected chi connectivity index (χ0v) is 12.5. The lowest BCUT2D eigenvalue weighted by Gasteiger charge is -2.07. The summed E-state index contributed by atoms with van der Waals surface area (Å²) >= 11 is 0. The van der Waals surface area contributed by atoms with Gasteiger partial charge in [-0.2, -0.15) is 0 Å². The normalized spacial score (nSPS) is 11.0. The Morgan fingerprint density at radius 2 is 1.71 bits per heavy atom. The standard InChI is InChI=1S/C15H15NO4S/c1-11-4-3-5-14(10-11)20-13-8-6-12(7-9-13)15(17)16-21(2,18)19/h3-10H,1-2H3,(H,16,17). The van der Waals surface area contributed by atoms with Gasteiger partial charge in [-0.25, -0.2) is 13.1 Å². The molecule has 0 heterocycles. The van der Waals surface area contributed by atoms with Gasteiger partial charge in [0.1, 0.15) is 11.5 Å². The summed E-state index contributed by atoms with van der Waals surface area (Å²) in [6.07, 6.45) is 0.931. The van der Waals surface area contributed by atoms with Crippen molar-refractivity contribution < 1.29 is 17.9 Å². The Morgan fingerprint density at radius 3 is 2.29 bits per heavy atom. The fourth-order valence-corrected chi connectivity index (χ4v) is 2.17. The second-order valence-electron chi connectivity index (χ2n) is 4.65. The van der Waals surface area contributed by atoms with Crippen molar-refractivity contribution >= 4 is 15.9 Å². The average Bonchev–Trinajstić information content (AvgIpc) is 2.37. The first kappa shape index (κ1) is 15.1. The fraction of sp³-hybridized carbons (Fsp3) is 0.133. The minimum atomic E-state index is -3.57. The van der Waals surface area contributed by atoms with Gasteiger partial charge in [-0.3, -0.25) is 4.79 Å². The monoisotopic (exact) mass is 305 g/mol. The number of sulfonamides is 1. The molecule has 0 atom stereocenters. The van der Waals surface area contributed by atoms with E-state index < -0.39 is 15.9 Å². The molecule has 6 heteroatoms. The van der Waals surface area contributed by atoms with Gasteiger partial charge in [-0.15, -0.1) is 0 Å². The van der Waals surface area contributed by atoms with Gasteiger partial charge < -0.3 is 4.74 Å². The van der Waals surface area contributed by atoms with Crippen molar-refractivity contribution in [3.05, 3.63) is 59.7 Å². The molecule has 2 rings (SSSR count). The Hall–Kier alpha value is -2.34. The molecular weight excluding hydrogens is 290 g/mol. The molecule has 0 saturated carbocycles. The molecule has 110 valence electrons. The molecule has 0 aliphatic heterocycles. The Balaban J connectivity index is 2.10. The second kappa shape index (κ2) is 5.97. The predicted molar refractivity (Wildman–Crippen MR) is 80.0 cm³/mol. The third kappa shape index (κ3) is 4.61. The lowest BCUT2D eigenvalue weighted by molar-refractivity contribution is 0.0981. The van der Waals surface area contributed by atoms with Gasteiger partial charge in [0.25, 0.3) is 5.91 Å². The predicted octanol–water partition coefficient (Wildman–Crippen LogP) is 2.48. The van der Waals surface area contributed by atoms with E-state index in [2.05, 4.69) is 0 Å². The highest BCUT2D eigenvalue weighted by Crippen LogP contribution is 2.22. The summed E-state index contributed by atoms with van der Waals surface area (Å²) in [4.78, 5) is 11.6. The number of benzene rings is 2. The molecule has 21 heavy (non-hydrogen) atoms. The van der Waals surface area contributed by atoms with Crippen LogP contribution in [-0.4, -0.2) is 20.6 Å². The van der Waals surface area contributed by atoms with Gasteiger partial charge in [0.15, 0.2) is 0 Å². The summed E-state index contributed by atoms with van der Waals surface area (Å²) < 4.78 is 29.5. The number of carbonyl (C=O) groups is 1. The van der Waals surface area contributed by atoms with Crippen LogP contribution in [0.25, 0.3) is 0 Å². The fourth-order valence-electron chi connectivity index (χ4n) is 1.72. The van der Waals surface area contributed by atoms with Crippen molar-refractivity contribution in [1.82, 2.24) is 4.72 Å². The van der Waals surface area contributed by atoms with Gasteiger partial charge >= 0.3 is 0 Å². The molecular formula is C15H15NO4S. The minimum absolute atomic E-state index is 0.247. The van der Waals surface area contributed by atoms with E-state index in [9.17, 15) is 13.2 Å². The largest absolute Gasteiger partial charge is 0.457 e. The molecule has 2 aromatic rings. The van der Waals surface area contributed by atoms with Crippen molar-refractivity contribution in [3.8, 4) is 11.5 Å². The highest BCUT2D eigenvalue weighted by Gasteiger charge is 2.10. The van der Waals surface area contributed by atoms with Crippen molar-refractivity contribution in [3.63, 3.8) is 0 Å². The quantitative estimate of drug-likeness (QED) is 0.942. The molecule has 0 saturated heterocycles. The van der Waals surface area contributed by atoms with E-state index in [0.717, 1.165) is 11.8 Å². The van der Waals surface area contributed by atoms with Crippen molar-refractivity contribution in [2.45, 2.75) is 6.92 Å². The van der Waals surface area contributed by atoms with Gasteiger partial charge in [0.2, 0.25) is 10.0 Å². The molecule has 0 aliphatic rings. The third-order valence-electron chi connectivity index (χ3n) is 2.62. The van der Waals surface area contributed by atoms with Crippen LogP contribution in [0, 0.1) is 6.92 Å². The molecule has 0 aromatic heterocycles. The minimum Gasteiger partial charge on any atom is -0.457 e. The third-order valence-corrected chi connectivity index (χ3v) is 3.18. The summed E-state index contributed by atoms with van der Waals surface area (Å²) in [5.41, 5.74) is 1.33. The van der Waals surface area contributed by atoms with E-state index in [0.29, 0.717) is 11.5 Å². The van der Waals surface area contributed by atoms with E-state index in [4.69, 9.17) is 4.74 Å². The zero-order valence-electron chi connectivity index (χ0n) is 11.7. The van der Waals surface area contributed by atoms with Crippen LogP contribution in [0.4, 0.5) is 0 Å². The molecule has 2 aromatic carbocycles. The maximum atomic E-state index is 11.6. The first-order valence-electron chi connectivity index (χ1n) is 6.20. The number of hydrogen-bond acceptors (Lipinski definition) is 4. The van der Waals surface area contributed by atoms with Crippen molar-refractivity contribution in [2.24, 2.45) is 0 Å². The molecule has 0 unspecified atom stereocenters. The second-order valence-corrected chi connectivity index (χ2v) is 6.39. The smallest absolute Gasteiger partial charge is 0.264 e. The van der Waals surface area contributed by atoms with Crippen LogP contribution in [-0.2, 0) is 10.0 Å². The van der Waals surface area contributed by atoms with Gasteiger partial charge in [-0.1, -0.05) is 12.1 Å². The van der Waals surface area contributed by atoms with Crippen molar-refractivity contribution in [2.75, 3.05) is 6.26 Å². The number of amides is 1. The Kier molecular flexibility index (Phi) is 4.28. The van der Waals surface area contributed by atoms with E-state index in [-0.39, 0.29) is 5.56 Å². The average molecular weight is 305 g/mol. The van der Waals surface area contributed by atoms with Crippen molar-refractivity contribution in [1.29, 1.82) is 0 Å². The number of ether oxygens (including phenoxy) is 1. The van der Waals surface area contributed by atoms with Crippen LogP contribution in [0.2, 0.25) is 0 Å². The Labute approximate surface area is 123 Å². The van der Waals surface area contributed by atoms with E-state index in [1.807, 2.05) is 35.9 Å². The topological polar surface area (TPSA) is 72.5 Å². The first-order valence-corrected chi connectivity index (χ1v) is 8.09. The maximum Gasteiger partial charge on any atom is 0.264 e. The van der Waals surface area contributed by atoms with Crippen LogP contribution >= 0.6 is 0 Å². The Bertz CT molecular complexity index is 751. The highest BCUT2D eigenvalue weighted by atomic mass is 32.2. The van der Waals surface area contributed by atoms with Crippen LogP contribution < -0.4 is 9.46 Å². The number of nitrogens with one attached hydrogen (secondary N) is 1. The number of rotatable bonds is 4. The van der Waals surface area contributed by atoms with Crippen LogP contribution in [0.3, 0.4) is 0 Å². The lowest BCUT2D eigenvalue weighted by atomic mass is 10.2. The zero-order chi connectivity index (χ0) is 15.5. The van der Waals surface area contributed by atoms with Crippen LogP contribution in [0.15, 0.2) is 48.5 Å². The number of hydrogen-bond donors (Lipinski definition) is 1. The molecule has 5 nitrogen and oxygen atoms in total. The maximum absolute atomic E-state index is 11.6. The number of aryl methyl sites for hydroxylation is 1. The lowest BCUT2D eigenvalue weighted by Crippen LogP contribution is -2.29. The first-order chi connectivity index (χ1) is 9.83. The summed E-state index contributed by atoms with van der Waals surface area (Å²) in [5.74, 6) is 0.597. The van der Waals surface area contributed by atoms with Gasteiger partial charge in [-0.05, 0) is 48.9 Å². The van der Waals surface area contributed by atoms with Crippen LogP contribution in [0.1, 0.15) is 15.9 Å². The molecule has 1 amide bonds. The van der Waals surface area contributed by atoms with E-state index >= 15 is 0 Å².